The summed E-state index contributed by atoms with van der Waals surface area (Å²) in [5.74, 6) is -0.863. The van der Waals surface area contributed by atoms with Gasteiger partial charge in [0.1, 0.15) is 5.82 Å². The number of hydrogen-bond acceptors (Lipinski definition) is 3. The van der Waals surface area contributed by atoms with E-state index in [4.69, 9.17) is 0 Å². The Bertz CT molecular complexity index is 1320. The molecule has 3 aromatic rings. The molecule has 35 heavy (non-hydrogen) atoms. The predicted octanol–water partition coefficient (Wildman–Crippen LogP) is 5.05. The minimum Gasteiger partial charge on any atom is -0.346 e. The molecule has 1 amide bonds. The summed E-state index contributed by atoms with van der Waals surface area (Å²) in [4.78, 5) is 12.9. The molecule has 1 atom stereocenters. The summed E-state index contributed by atoms with van der Waals surface area (Å²) < 4.78 is 42.3. The van der Waals surface area contributed by atoms with Crippen molar-refractivity contribution in [2.75, 3.05) is 18.4 Å². The van der Waals surface area contributed by atoms with Crippen LogP contribution >= 0.6 is 0 Å². The first-order chi connectivity index (χ1) is 16.4. The number of benzene rings is 3. The minimum atomic E-state index is -3.95. The van der Waals surface area contributed by atoms with Crippen LogP contribution in [0.25, 0.3) is 0 Å². The number of nitrogens with zero attached hydrogens (tertiary/aromatic N) is 2. The van der Waals surface area contributed by atoms with Crippen LogP contribution in [0, 0.1) is 26.6 Å². The minimum absolute atomic E-state index is 0.0411. The Hall–Kier alpha value is -3.23. The van der Waals surface area contributed by atoms with E-state index in [2.05, 4.69) is 24.4 Å². The molecule has 0 aliphatic carbocycles. The number of aryl methyl sites for hydroxylation is 3. The van der Waals surface area contributed by atoms with Gasteiger partial charge in [-0.3, -0.25) is 9.10 Å². The first kappa shape index (κ1) is 26.4. The van der Waals surface area contributed by atoms with Crippen molar-refractivity contribution in [3.05, 3.63) is 99.9 Å². The smallest absolute Gasteiger partial charge is 0.303 e. The van der Waals surface area contributed by atoms with Gasteiger partial charge in [0, 0.05) is 19.7 Å². The molecule has 6 nitrogen and oxygen atoms in total. The molecule has 1 N–H and O–H groups in total. The van der Waals surface area contributed by atoms with E-state index in [1.165, 1.54) is 43.4 Å². The van der Waals surface area contributed by atoms with Crippen LogP contribution in [-0.4, -0.2) is 32.7 Å². The van der Waals surface area contributed by atoms with Crippen LogP contribution in [0.2, 0.25) is 0 Å². The van der Waals surface area contributed by atoms with Gasteiger partial charge < -0.3 is 5.32 Å². The van der Waals surface area contributed by atoms with Crippen molar-refractivity contribution in [2.24, 2.45) is 0 Å². The van der Waals surface area contributed by atoms with Crippen molar-refractivity contribution in [3.8, 4) is 0 Å². The number of rotatable bonds is 8. The lowest BCUT2D eigenvalue weighted by atomic mass is 9.96. The Morgan fingerprint density at radius 2 is 1.54 bits per heavy atom. The fraction of sp³-hybridized carbons (Fsp3) is 0.296. The van der Waals surface area contributed by atoms with Crippen LogP contribution in [0.3, 0.4) is 0 Å². The molecule has 0 bridgehead atoms. The van der Waals surface area contributed by atoms with Gasteiger partial charge in [-0.05, 0) is 79.8 Å². The molecular formula is C27H32FN3O3S. The summed E-state index contributed by atoms with van der Waals surface area (Å²) in [7, 11) is -1.15. The summed E-state index contributed by atoms with van der Waals surface area (Å²) in [5.41, 5.74) is 5.59. The third-order valence-electron chi connectivity index (χ3n) is 6.10. The predicted molar refractivity (Wildman–Crippen MR) is 138 cm³/mol. The average Bonchev–Trinajstić information content (AvgIpc) is 2.80. The lowest BCUT2D eigenvalue weighted by molar-refractivity contribution is 0.0939. The number of halogens is 1. The lowest BCUT2D eigenvalue weighted by Gasteiger charge is -2.27. The maximum Gasteiger partial charge on any atom is 0.303 e. The number of carbonyl (C=O) groups is 1. The fourth-order valence-corrected chi connectivity index (χ4v) is 4.98. The molecule has 0 unspecified atom stereocenters. The van der Waals surface area contributed by atoms with Crippen LogP contribution < -0.4 is 9.62 Å². The average molecular weight is 498 g/mol. The number of anilines is 1. The number of amides is 1. The molecule has 0 saturated carbocycles. The summed E-state index contributed by atoms with van der Waals surface area (Å²) in [6.07, 6.45) is 0. The van der Waals surface area contributed by atoms with Gasteiger partial charge >= 0.3 is 10.2 Å². The summed E-state index contributed by atoms with van der Waals surface area (Å²) in [5, 5.41) is 3.03. The monoisotopic (exact) mass is 497 g/mol. The zero-order valence-electron chi connectivity index (χ0n) is 21.0. The summed E-state index contributed by atoms with van der Waals surface area (Å²) in [6.45, 7) is 8.01. The molecule has 0 heterocycles. The van der Waals surface area contributed by atoms with Gasteiger partial charge in [-0.15, -0.1) is 0 Å². The van der Waals surface area contributed by atoms with Crippen LogP contribution in [0.5, 0.6) is 0 Å². The molecule has 186 valence electrons. The zero-order valence-corrected chi connectivity index (χ0v) is 21.8. The second-order valence-electron chi connectivity index (χ2n) is 8.93. The number of para-hydroxylation sites is 1. The standard InChI is InChI=1S/C27H32FN3O3S/c1-18-15-20(3)24(16-19(18)2)21(4)29-27(32)23-13-11-22(12-14-23)17-31(35(33,34)30(5)6)26-10-8-7-9-25(26)28/h7-16,21H,17H2,1-6H3,(H,29,32)/t21-/m1/s1. The van der Waals surface area contributed by atoms with Gasteiger partial charge in [0.05, 0.1) is 18.3 Å². The van der Waals surface area contributed by atoms with Crippen molar-refractivity contribution in [2.45, 2.75) is 40.3 Å². The number of carbonyl (C=O) groups excluding carboxylic acids is 1. The Kier molecular flexibility index (Phi) is 7.97. The molecule has 3 rings (SSSR count). The van der Waals surface area contributed by atoms with E-state index in [1.807, 2.05) is 20.8 Å². The molecule has 0 aliphatic rings. The Balaban J connectivity index is 1.80. The van der Waals surface area contributed by atoms with Crippen LogP contribution in [0.1, 0.15) is 51.1 Å². The molecule has 3 aromatic carbocycles. The molecular weight excluding hydrogens is 465 g/mol. The van der Waals surface area contributed by atoms with Gasteiger partial charge in [-0.2, -0.15) is 12.7 Å². The van der Waals surface area contributed by atoms with E-state index in [0.717, 1.165) is 19.7 Å². The van der Waals surface area contributed by atoms with Gasteiger partial charge in [0.15, 0.2) is 0 Å². The highest BCUT2D eigenvalue weighted by molar-refractivity contribution is 7.90. The Morgan fingerprint density at radius 1 is 0.943 bits per heavy atom. The van der Waals surface area contributed by atoms with Gasteiger partial charge in [0.2, 0.25) is 0 Å². The van der Waals surface area contributed by atoms with E-state index >= 15 is 0 Å². The first-order valence-corrected chi connectivity index (χ1v) is 12.7. The van der Waals surface area contributed by atoms with E-state index in [9.17, 15) is 17.6 Å². The fourth-order valence-electron chi connectivity index (χ4n) is 3.88. The molecule has 0 spiro atoms. The van der Waals surface area contributed by atoms with Crippen molar-refractivity contribution in [3.63, 3.8) is 0 Å². The van der Waals surface area contributed by atoms with Crippen LogP contribution in [0.15, 0.2) is 60.7 Å². The first-order valence-electron chi connectivity index (χ1n) is 11.3. The van der Waals surface area contributed by atoms with E-state index in [-0.39, 0.29) is 24.2 Å². The normalized spacial score (nSPS) is 12.5. The summed E-state index contributed by atoms with van der Waals surface area (Å²) >= 11 is 0. The number of hydrogen-bond donors (Lipinski definition) is 1. The van der Waals surface area contributed by atoms with E-state index < -0.39 is 16.0 Å². The Morgan fingerprint density at radius 3 is 2.14 bits per heavy atom. The molecule has 0 aromatic heterocycles. The quantitative estimate of drug-likeness (QED) is 0.473. The highest BCUT2D eigenvalue weighted by Gasteiger charge is 2.27. The highest BCUT2D eigenvalue weighted by Crippen LogP contribution is 2.26. The van der Waals surface area contributed by atoms with Gasteiger partial charge in [-0.1, -0.05) is 36.4 Å². The van der Waals surface area contributed by atoms with Crippen molar-refractivity contribution in [1.29, 1.82) is 0 Å². The largest absolute Gasteiger partial charge is 0.346 e. The van der Waals surface area contributed by atoms with E-state index in [0.29, 0.717) is 11.1 Å². The molecule has 0 radical (unpaired) electrons. The summed E-state index contributed by atoms with van der Waals surface area (Å²) in [6, 6.07) is 16.4. The third-order valence-corrected chi connectivity index (χ3v) is 7.91. The lowest BCUT2D eigenvalue weighted by Crippen LogP contribution is -2.40. The SMILES string of the molecule is Cc1cc(C)c([C@@H](C)NC(=O)c2ccc(CN(c3ccccc3F)S(=O)(=O)N(C)C)cc2)cc1C. The maximum atomic E-state index is 14.5. The van der Waals surface area contributed by atoms with Crippen molar-refractivity contribution < 1.29 is 17.6 Å². The molecule has 0 aliphatic heterocycles. The highest BCUT2D eigenvalue weighted by atomic mass is 32.2. The molecule has 8 heteroatoms. The molecule has 0 fully saturated rings. The van der Waals surface area contributed by atoms with Crippen LogP contribution in [-0.2, 0) is 16.8 Å². The van der Waals surface area contributed by atoms with Gasteiger partial charge in [0.25, 0.3) is 5.91 Å². The third kappa shape index (κ3) is 5.89. The van der Waals surface area contributed by atoms with E-state index in [1.54, 1.807) is 30.3 Å². The second-order valence-corrected chi connectivity index (χ2v) is 11.0. The van der Waals surface area contributed by atoms with Gasteiger partial charge in [-0.25, -0.2) is 4.39 Å². The Labute approximate surface area is 207 Å². The van der Waals surface area contributed by atoms with Crippen molar-refractivity contribution >= 4 is 21.8 Å². The second kappa shape index (κ2) is 10.6. The van der Waals surface area contributed by atoms with Crippen molar-refractivity contribution in [1.82, 2.24) is 9.62 Å². The molecule has 0 saturated heterocycles. The van der Waals surface area contributed by atoms with Crippen LogP contribution in [0.4, 0.5) is 10.1 Å². The maximum absolute atomic E-state index is 14.5. The number of nitrogens with one attached hydrogen (secondary N) is 1. The topological polar surface area (TPSA) is 69.7 Å². The zero-order chi connectivity index (χ0) is 25.9.